The van der Waals surface area contributed by atoms with Gasteiger partial charge in [-0.05, 0) is 43.9 Å². The van der Waals surface area contributed by atoms with Gasteiger partial charge in [0.05, 0.1) is 11.6 Å². The van der Waals surface area contributed by atoms with Crippen LogP contribution < -0.4 is 0 Å². The number of rotatable bonds is 7. The lowest BCUT2D eigenvalue weighted by atomic mass is 9.76. The van der Waals surface area contributed by atoms with Crippen molar-refractivity contribution >= 4 is 5.91 Å². The highest BCUT2D eigenvalue weighted by Gasteiger charge is 2.42. The van der Waals surface area contributed by atoms with Crippen LogP contribution in [0.1, 0.15) is 30.7 Å². The number of ether oxygens (including phenoxy) is 1. The Morgan fingerprint density at radius 2 is 2.17 bits per heavy atom. The molecule has 9 nitrogen and oxygen atoms in total. The number of carbonyl (C=O) groups is 1. The van der Waals surface area contributed by atoms with Crippen molar-refractivity contribution in [2.45, 2.75) is 38.1 Å². The van der Waals surface area contributed by atoms with E-state index in [1.54, 1.807) is 30.4 Å². The molecule has 1 unspecified atom stereocenters. The Balaban J connectivity index is 1.56. The van der Waals surface area contributed by atoms with Gasteiger partial charge >= 0.3 is 0 Å². The lowest BCUT2D eigenvalue weighted by Crippen LogP contribution is -2.50. The zero-order valence-corrected chi connectivity index (χ0v) is 17.3. The van der Waals surface area contributed by atoms with Crippen molar-refractivity contribution in [2.75, 3.05) is 26.8 Å². The van der Waals surface area contributed by atoms with Crippen LogP contribution in [0.4, 0.5) is 0 Å². The van der Waals surface area contributed by atoms with Crippen LogP contribution in [0.25, 0.3) is 11.5 Å². The van der Waals surface area contributed by atoms with Crippen LogP contribution in [0.2, 0.25) is 0 Å². The lowest BCUT2D eigenvalue weighted by molar-refractivity contribution is -0.134. The maximum Gasteiger partial charge on any atom is 0.258 e. The van der Waals surface area contributed by atoms with Gasteiger partial charge in [-0.2, -0.15) is 10.1 Å². The van der Waals surface area contributed by atoms with Crippen LogP contribution in [-0.4, -0.2) is 62.5 Å². The van der Waals surface area contributed by atoms with Gasteiger partial charge in [0.1, 0.15) is 6.54 Å². The second-order valence-electron chi connectivity index (χ2n) is 7.82. The first-order valence-electron chi connectivity index (χ1n) is 10.1. The quantitative estimate of drug-likeness (QED) is 0.589. The molecule has 3 aromatic heterocycles. The summed E-state index contributed by atoms with van der Waals surface area (Å²) in [4.78, 5) is 23.6. The molecule has 0 saturated carbocycles. The first-order chi connectivity index (χ1) is 14.6. The van der Waals surface area contributed by atoms with E-state index in [2.05, 4.69) is 15.2 Å². The van der Waals surface area contributed by atoms with Crippen LogP contribution in [0.15, 0.2) is 41.4 Å². The fraction of sp³-hybridized carbons (Fsp3) is 0.476. The minimum atomic E-state index is -0.404. The van der Waals surface area contributed by atoms with E-state index in [0.29, 0.717) is 37.8 Å². The van der Waals surface area contributed by atoms with Crippen LogP contribution in [0.5, 0.6) is 0 Å². The molecule has 0 N–H and O–H groups in total. The van der Waals surface area contributed by atoms with Gasteiger partial charge in [-0.3, -0.25) is 14.5 Å². The standard InChI is InChI=1S/C21H26N6O3/c1-16-12-23-27(13-16)14-18(28)26-10-3-6-21(15-26,7-11-29-2)20-24-19(30-25-20)17-4-8-22-9-5-17/h4-5,8-9,12-13H,3,6-7,10-11,14-15H2,1-2H3. The van der Waals surface area contributed by atoms with Gasteiger partial charge in [-0.1, -0.05) is 5.16 Å². The maximum atomic E-state index is 13.0. The Kier molecular flexibility index (Phi) is 5.89. The topological polar surface area (TPSA) is 99.2 Å². The fourth-order valence-corrected chi connectivity index (χ4v) is 3.98. The predicted molar refractivity (Wildman–Crippen MR) is 108 cm³/mol. The molecule has 0 bridgehead atoms. The number of methoxy groups -OCH3 is 1. The third-order valence-electron chi connectivity index (χ3n) is 5.60. The molecular formula is C21H26N6O3. The Bertz CT molecular complexity index is 986. The molecule has 0 aromatic carbocycles. The number of pyridine rings is 1. The third-order valence-corrected chi connectivity index (χ3v) is 5.60. The van der Waals surface area contributed by atoms with Crippen molar-refractivity contribution in [2.24, 2.45) is 0 Å². The second kappa shape index (κ2) is 8.74. The first kappa shape index (κ1) is 20.2. The Hall–Kier alpha value is -3.07. The molecule has 4 heterocycles. The molecule has 4 rings (SSSR count). The number of piperidine rings is 1. The predicted octanol–water partition coefficient (Wildman–Crippen LogP) is 2.23. The van der Waals surface area contributed by atoms with Gasteiger partial charge in [-0.25, -0.2) is 0 Å². The van der Waals surface area contributed by atoms with Gasteiger partial charge in [0.15, 0.2) is 5.82 Å². The summed E-state index contributed by atoms with van der Waals surface area (Å²) in [5.41, 5.74) is 1.45. The second-order valence-corrected chi connectivity index (χ2v) is 7.82. The van der Waals surface area contributed by atoms with Crippen molar-refractivity contribution in [1.29, 1.82) is 0 Å². The van der Waals surface area contributed by atoms with Crippen LogP contribution in [-0.2, 0) is 21.5 Å². The molecule has 1 fully saturated rings. The molecule has 1 amide bonds. The number of hydrogen-bond acceptors (Lipinski definition) is 7. The van der Waals surface area contributed by atoms with E-state index >= 15 is 0 Å². The minimum absolute atomic E-state index is 0.0393. The van der Waals surface area contributed by atoms with E-state index in [1.165, 1.54) is 0 Å². The van der Waals surface area contributed by atoms with E-state index < -0.39 is 5.41 Å². The highest BCUT2D eigenvalue weighted by molar-refractivity contribution is 5.76. The molecule has 158 valence electrons. The molecule has 3 aromatic rings. The summed E-state index contributed by atoms with van der Waals surface area (Å²) in [6, 6.07) is 3.67. The van der Waals surface area contributed by atoms with Crippen molar-refractivity contribution in [3.8, 4) is 11.5 Å². The summed E-state index contributed by atoms with van der Waals surface area (Å²) >= 11 is 0. The van der Waals surface area contributed by atoms with Gasteiger partial charge in [-0.15, -0.1) is 0 Å². The molecule has 1 saturated heterocycles. The third kappa shape index (κ3) is 4.25. The number of amides is 1. The average molecular weight is 410 g/mol. The summed E-state index contributed by atoms with van der Waals surface area (Å²) in [6.07, 6.45) is 9.47. The van der Waals surface area contributed by atoms with Crippen molar-refractivity contribution in [3.63, 3.8) is 0 Å². The average Bonchev–Trinajstić information content (AvgIpc) is 3.43. The van der Waals surface area contributed by atoms with Gasteiger partial charge in [0.25, 0.3) is 5.89 Å². The number of aryl methyl sites for hydroxylation is 1. The molecule has 30 heavy (non-hydrogen) atoms. The van der Waals surface area contributed by atoms with Gasteiger partial charge in [0.2, 0.25) is 5.91 Å². The fourth-order valence-electron chi connectivity index (χ4n) is 3.98. The summed E-state index contributed by atoms with van der Waals surface area (Å²) in [5, 5.41) is 8.54. The monoisotopic (exact) mass is 410 g/mol. The van der Waals surface area contributed by atoms with E-state index in [0.717, 1.165) is 24.0 Å². The number of hydrogen-bond donors (Lipinski definition) is 0. The Morgan fingerprint density at radius 1 is 1.33 bits per heavy atom. The van der Waals surface area contributed by atoms with Gasteiger partial charge in [0, 0.05) is 51.0 Å². The highest BCUT2D eigenvalue weighted by Crippen LogP contribution is 2.36. The van der Waals surface area contributed by atoms with Crippen molar-refractivity contribution in [1.82, 2.24) is 29.8 Å². The summed E-state index contributed by atoms with van der Waals surface area (Å²) in [5.74, 6) is 1.12. The largest absolute Gasteiger partial charge is 0.385 e. The summed E-state index contributed by atoms with van der Waals surface area (Å²) in [7, 11) is 1.68. The Labute approximate surface area is 175 Å². The van der Waals surface area contributed by atoms with Crippen LogP contribution in [0, 0.1) is 6.92 Å². The first-order valence-corrected chi connectivity index (χ1v) is 10.1. The lowest BCUT2D eigenvalue weighted by Gasteiger charge is -2.41. The molecule has 1 atom stereocenters. The number of nitrogens with zero attached hydrogens (tertiary/aromatic N) is 6. The van der Waals surface area contributed by atoms with E-state index in [9.17, 15) is 4.79 Å². The molecule has 0 radical (unpaired) electrons. The van der Waals surface area contributed by atoms with Crippen molar-refractivity contribution in [3.05, 3.63) is 48.3 Å². The maximum absolute atomic E-state index is 13.0. The number of carbonyl (C=O) groups excluding carboxylic acids is 1. The summed E-state index contributed by atoms with van der Waals surface area (Å²) in [6.45, 7) is 3.98. The summed E-state index contributed by atoms with van der Waals surface area (Å²) < 4.78 is 12.6. The molecule has 0 aliphatic carbocycles. The van der Waals surface area contributed by atoms with E-state index in [-0.39, 0.29) is 12.5 Å². The zero-order valence-electron chi connectivity index (χ0n) is 17.3. The highest BCUT2D eigenvalue weighted by atomic mass is 16.5. The molecular weight excluding hydrogens is 384 g/mol. The number of aromatic nitrogens is 5. The Morgan fingerprint density at radius 3 is 2.90 bits per heavy atom. The number of likely N-dealkylation sites (tertiary alicyclic amines) is 1. The minimum Gasteiger partial charge on any atom is -0.385 e. The molecule has 1 aliphatic heterocycles. The van der Waals surface area contributed by atoms with Crippen LogP contribution >= 0.6 is 0 Å². The molecule has 1 aliphatic rings. The molecule has 0 spiro atoms. The van der Waals surface area contributed by atoms with E-state index in [4.69, 9.17) is 14.2 Å². The van der Waals surface area contributed by atoms with Crippen molar-refractivity contribution < 1.29 is 14.1 Å². The molecule has 9 heteroatoms. The van der Waals surface area contributed by atoms with Crippen LogP contribution in [0.3, 0.4) is 0 Å². The van der Waals surface area contributed by atoms with Gasteiger partial charge < -0.3 is 14.2 Å². The SMILES string of the molecule is COCCC1(c2noc(-c3ccncc3)n2)CCCN(C(=O)Cn2cc(C)cn2)C1. The zero-order chi connectivity index (χ0) is 21.0. The van der Waals surface area contributed by atoms with E-state index in [1.807, 2.05) is 30.2 Å². The smallest absolute Gasteiger partial charge is 0.258 e. The normalized spacial score (nSPS) is 19.2.